The van der Waals surface area contributed by atoms with E-state index in [4.69, 9.17) is 4.74 Å². The highest BCUT2D eigenvalue weighted by Gasteiger charge is 2.69. The van der Waals surface area contributed by atoms with Crippen molar-refractivity contribution in [3.8, 4) is 6.07 Å². The van der Waals surface area contributed by atoms with Crippen LogP contribution >= 0.6 is 0 Å². The van der Waals surface area contributed by atoms with Crippen molar-refractivity contribution in [2.45, 2.75) is 62.1 Å². The first-order valence-corrected chi connectivity index (χ1v) is 8.75. The number of hydrogen-bond acceptors (Lipinski definition) is 2. The van der Waals surface area contributed by atoms with Gasteiger partial charge in [0.2, 0.25) is 0 Å². The third kappa shape index (κ3) is 1.48. The molecule has 1 aromatic carbocycles. The predicted octanol–water partition coefficient (Wildman–Crippen LogP) is 4.21. The minimum Gasteiger partial charge on any atom is -0.353 e. The van der Waals surface area contributed by atoms with Crippen LogP contribution in [0.3, 0.4) is 0 Å². The van der Waals surface area contributed by atoms with Crippen LogP contribution in [0.25, 0.3) is 0 Å². The Morgan fingerprint density at radius 2 is 1.73 bits per heavy atom. The Bertz CT molecular complexity index is 634. The predicted molar refractivity (Wildman–Crippen MR) is 84.1 cm³/mol. The molecule has 0 amide bonds. The molecule has 5 fully saturated rings. The first-order valence-electron chi connectivity index (χ1n) is 8.75. The summed E-state index contributed by atoms with van der Waals surface area (Å²) in [5, 5.41) is 9.34. The van der Waals surface area contributed by atoms with Gasteiger partial charge >= 0.3 is 0 Å². The molecule has 6 rings (SSSR count). The SMILES string of the molecule is CC1(C#N)CC2(O1)[C@@H]1CC3C[C@H]2CC(c2ccccc2)(C3)C1. The largest absolute Gasteiger partial charge is 0.353 e. The van der Waals surface area contributed by atoms with Gasteiger partial charge in [-0.1, -0.05) is 30.3 Å². The third-order valence-corrected chi connectivity index (χ3v) is 7.22. The molecule has 4 saturated carbocycles. The van der Waals surface area contributed by atoms with Crippen molar-refractivity contribution in [3.05, 3.63) is 35.9 Å². The van der Waals surface area contributed by atoms with Gasteiger partial charge in [-0.15, -0.1) is 0 Å². The maximum absolute atomic E-state index is 9.34. The minimum atomic E-state index is -0.519. The highest BCUT2D eigenvalue weighted by molar-refractivity contribution is 5.33. The Kier molecular flexibility index (Phi) is 2.36. The molecular formula is C20H23NO. The van der Waals surface area contributed by atoms with Crippen molar-refractivity contribution in [2.24, 2.45) is 17.8 Å². The summed E-state index contributed by atoms with van der Waals surface area (Å²) in [4.78, 5) is 0. The second-order valence-corrected chi connectivity index (χ2v) is 8.57. The molecule has 6 atom stereocenters. The van der Waals surface area contributed by atoms with E-state index in [1.807, 2.05) is 6.92 Å². The molecule has 0 aromatic heterocycles. The fraction of sp³-hybridized carbons (Fsp3) is 0.650. The third-order valence-electron chi connectivity index (χ3n) is 7.22. The Labute approximate surface area is 132 Å². The summed E-state index contributed by atoms with van der Waals surface area (Å²) in [6.45, 7) is 1.97. The van der Waals surface area contributed by atoms with E-state index in [2.05, 4.69) is 36.4 Å². The molecule has 1 saturated heterocycles. The van der Waals surface area contributed by atoms with Crippen LogP contribution in [0, 0.1) is 29.1 Å². The number of benzene rings is 1. The lowest BCUT2D eigenvalue weighted by Gasteiger charge is -2.70. The molecule has 4 bridgehead atoms. The molecule has 2 heteroatoms. The fourth-order valence-corrected chi connectivity index (χ4v) is 6.66. The van der Waals surface area contributed by atoms with E-state index in [1.165, 1.54) is 32.1 Å². The van der Waals surface area contributed by atoms with E-state index < -0.39 is 5.60 Å². The molecule has 4 aliphatic carbocycles. The van der Waals surface area contributed by atoms with Gasteiger partial charge in [-0.05, 0) is 67.8 Å². The van der Waals surface area contributed by atoms with E-state index in [-0.39, 0.29) is 5.60 Å². The van der Waals surface area contributed by atoms with Crippen LogP contribution in [0.2, 0.25) is 0 Å². The number of hydrogen-bond donors (Lipinski definition) is 0. The summed E-state index contributed by atoms with van der Waals surface area (Å²) in [6, 6.07) is 13.6. The second kappa shape index (κ2) is 3.95. The average molecular weight is 293 g/mol. The van der Waals surface area contributed by atoms with Crippen molar-refractivity contribution in [3.63, 3.8) is 0 Å². The van der Waals surface area contributed by atoms with Crippen molar-refractivity contribution < 1.29 is 4.74 Å². The molecule has 0 N–H and O–H groups in total. The van der Waals surface area contributed by atoms with Crippen LogP contribution in [-0.2, 0) is 10.2 Å². The van der Waals surface area contributed by atoms with E-state index in [9.17, 15) is 5.26 Å². The van der Waals surface area contributed by atoms with Gasteiger partial charge in [0.25, 0.3) is 0 Å². The monoisotopic (exact) mass is 293 g/mol. The van der Waals surface area contributed by atoms with E-state index in [1.54, 1.807) is 5.56 Å². The fourth-order valence-electron chi connectivity index (χ4n) is 6.66. The van der Waals surface area contributed by atoms with Gasteiger partial charge in [-0.3, -0.25) is 0 Å². The summed E-state index contributed by atoms with van der Waals surface area (Å²) in [5.41, 5.74) is 1.46. The van der Waals surface area contributed by atoms with Crippen LogP contribution in [0.5, 0.6) is 0 Å². The zero-order valence-electron chi connectivity index (χ0n) is 13.2. The van der Waals surface area contributed by atoms with Crippen LogP contribution in [0.4, 0.5) is 0 Å². The zero-order chi connectivity index (χ0) is 15.0. The van der Waals surface area contributed by atoms with Gasteiger partial charge in [0, 0.05) is 6.42 Å². The summed E-state index contributed by atoms with van der Waals surface area (Å²) in [6.07, 6.45) is 7.52. The first-order chi connectivity index (χ1) is 10.6. The molecule has 1 aliphatic heterocycles. The van der Waals surface area contributed by atoms with Gasteiger partial charge in [0.05, 0.1) is 11.7 Å². The van der Waals surface area contributed by atoms with Crippen LogP contribution in [0.1, 0.15) is 51.0 Å². The number of nitrogens with zero attached hydrogens (tertiary/aromatic N) is 1. The van der Waals surface area contributed by atoms with E-state index in [0.717, 1.165) is 12.3 Å². The number of rotatable bonds is 1. The van der Waals surface area contributed by atoms with Crippen LogP contribution < -0.4 is 0 Å². The second-order valence-electron chi connectivity index (χ2n) is 8.57. The van der Waals surface area contributed by atoms with Crippen molar-refractivity contribution in [1.82, 2.24) is 0 Å². The average Bonchev–Trinajstić information content (AvgIpc) is 2.50. The molecular weight excluding hydrogens is 270 g/mol. The summed E-state index contributed by atoms with van der Waals surface area (Å²) < 4.78 is 6.36. The summed E-state index contributed by atoms with van der Waals surface area (Å²) in [7, 11) is 0. The smallest absolute Gasteiger partial charge is 0.155 e. The summed E-state index contributed by atoms with van der Waals surface area (Å²) >= 11 is 0. The van der Waals surface area contributed by atoms with E-state index >= 15 is 0 Å². The lowest BCUT2D eigenvalue weighted by molar-refractivity contribution is -0.328. The summed E-state index contributed by atoms with van der Waals surface area (Å²) in [5.74, 6) is 2.21. The zero-order valence-corrected chi connectivity index (χ0v) is 13.2. The molecule has 1 heterocycles. The van der Waals surface area contributed by atoms with Gasteiger partial charge in [0.1, 0.15) is 0 Å². The lowest BCUT2D eigenvalue weighted by Crippen LogP contribution is -2.72. The van der Waals surface area contributed by atoms with Gasteiger partial charge in [-0.25, -0.2) is 0 Å². The van der Waals surface area contributed by atoms with E-state index in [0.29, 0.717) is 17.3 Å². The highest BCUT2D eigenvalue weighted by Crippen LogP contribution is 2.69. The first kappa shape index (κ1) is 13.1. The maximum Gasteiger partial charge on any atom is 0.155 e. The Hall–Kier alpha value is -1.33. The normalized spacial score (nSPS) is 51.5. The highest BCUT2D eigenvalue weighted by atomic mass is 16.6. The molecule has 2 nitrogen and oxygen atoms in total. The van der Waals surface area contributed by atoms with Crippen molar-refractivity contribution in [2.75, 3.05) is 0 Å². The maximum atomic E-state index is 9.34. The van der Waals surface area contributed by atoms with Crippen molar-refractivity contribution in [1.29, 1.82) is 5.26 Å². The van der Waals surface area contributed by atoms with Crippen molar-refractivity contribution >= 4 is 0 Å². The van der Waals surface area contributed by atoms with Crippen LogP contribution in [0.15, 0.2) is 30.3 Å². The molecule has 22 heavy (non-hydrogen) atoms. The quantitative estimate of drug-likeness (QED) is 0.777. The topological polar surface area (TPSA) is 33.0 Å². The Morgan fingerprint density at radius 1 is 1.09 bits per heavy atom. The molecule has 1 spiro atoms. The molecule has 5 aliphatic rings. The molecule has 1 aromatic rings. The van der Waals surface area contributed by atoms with Gasteiger partial charge < -0.3 is 4.74 Å². The lowest BCUT2D eigenvalue weighted by atomic mass is 9.41. The number of nitriles is 1. The Balaban J connectivity index is 1.51. The molecule has 0 radical (unpaired) electrons. The standard InChI is InChI=1S/C20H23NO/c1-18(13-21)12-20(22-18)16-7-14-8-17(20)11-19(9-14,10-16)15-5-3-2-4-6-15/h2-6,14,16-17H,7-12H2,1H3/t14?,16-,17+,18?,19?,20?. The number of ether oxygens (including phenoxy) is 1. The van der Waals surface area contributed by atoms with Gasteiger partial charge in [0.15, 0.2) is 5.60 Å². The molecule has 4 unspecified atom stereocenters. The van der Waals surface area contributed by atoms with Crippen LogP contribution in [-0.4, -0.2) is 11.2 Å². The Morgan fingerprint density at radius 3 is 2.32 bits per heavy atom. The minimum absolute atomic E-state index is 0.0413. The van der Waals surface area contributed by atoms with Gasteiger partial charge in [-0.2, -0.15) is 5.26 Å². The molecule has 114 valence electrons.